The molecule has 1 aromatic heterocycles. The van der Waals surface area contributed by atoms with Crippen molar-refractivity contribution < 1.29 is 14.3 Å². The van der Waals surface area contributed by atoms with Crippen LogP contribution in [0.2, 0.25) is 0 Å². The van der Waals surface area contributed by atoms with Crippen LogP contribution in [-0.2, 0) is 11.2 Å². The van der Waals surface area contributed by atoms with E-state index in [0.717, 1.165) is 29.4 Å². The minimum absolute atomic E-state index is 0.298. The Balaban J connectivity index is 2.13. The molecule has 2 aromatic rings. The first-order valence-electron chi connectivity index (χ1n) is 8.47. The molecule has 4 heteroatoms. The molecule has 4 nitrogen and oxygen atoms in total. The topological polar surface area (TPSA) is 48.4 Å². The lowest BCUT2D eigenvalue weighted by atomic mass is 10.1. The van der Waals surface area contributed by atoms with Gasteiger partial charge < -0.3 is 9.47 Å². The highest BCUT2D eigenvalue weighted by Gasteiger charge is 2.11. The Hall–Kier alpha value is -2.10. The molecule has 124 valence electrons. The number of nitrogens with zero attached hydrogens (tertiary/aromatic N) is 1. The molecule has 23 heavy (non-hydrogen) atoms. The Kier molecular flexibility index (Phi) is 6.85. The smallest absolute Gasteiger partial charge is 0.434 e. The molecule has 0 N–H and O–H groups in total. The molecule has 0 spiro atoms. The molecule has 0 aliphatic heterocycles. The molecule has 0 aliphatic rings. The Morgan fingerprint density at radius 1 is 1.09 bits per heavy atom. The lowest BCUT2D eigenvalue weighted by Crippen LogP contribution is -2.11. The lowest BCUT2D eigenvalue weighted by Gasteiger charge is -2.10. The molecule has 0 bridgehead atoms. The molecule has 0 fully saturated rings. The largest absolute Gasteiger partial charge is 0.513 e. The highest BCUT2D eigenvalue weighted by atomic mass is 16.7. The minimum Gasteiger partial charge on any atom is -0.434 e. The van der Waals surface area contributed by atoms with E-state index in [1.807, 2.05) is 30.3 Å². The van der Waals surface area contributed by atoms with Crippen molar-refractivity contribution in [3.8, 4) is 5.75 Å². The van der Waals surface area contributed by atoms with Gasteiger partial charge in [-0.05, 0) is 31.9 Å². The summed E-state index contributed by atoms with van der Waals surface area (Å²) >= 11 is 0. The van der Waals surface area contributed by atoms with E-state index in [1.54, 1.807) is 6.92 Å². The maximum Gasteiger partial charge on any atom is 0.513 e. The van der Waals surface area contributed by atoms with E-state index in [9.17, 15) is 4.79 Å². The summed E-state index contributed by atoms with van der Waals surface area (Å²) in [6.45, 7) is 4.27. The molecule has 0 aliphatic carbocycles. The van der Waals surface area contributed by atoms with Crippen molar-refractivity contribution in [2.24, 2.45) is 0 Å². The van der Waals surface area contributed by atoms with Gasteiger partial charge in [0.2, 0.25) is 0 Å². The predicted octanol–water partition coefficient (Wildman–Crippen LogP) is 5.28. The number of aromatic nitrogens is 1. The number of hydrogen-bond acceptors (Lipinski definition) is 4. The van der Waals surface area contributed by atoms with Crippen LogP contribution in [0.3, 0.4) is 0 Å². The minimum atomic E-state index is -0.669. The van der Waals surface area contributed by atoms with Gasteiger partial charge in [0, 0.05) is 17.1 Å². The van der Waals surface area contributed by atoms with Crippen LogP contribution in [0.15, 0.2) is 30.3 Å². The van der Waals surface area contributed by atoms with E-state index in [-0.39, 0.29) is 0 Å². The van der Waals surface area contributed by atoms with E-state index >= 15 is 0 Å². The van der Waals surface area contributed by atoms with Gasteiger partial charge in [-0.1, -0.05) is 44.7 Å². The Morgan fingerprint density at radius 2 is 1.87 bits per heavy atom. The van der Waals surface area contributed by atoms with Crippen molar-refractivity contribution in [2.45, 2.75) is 52.4 Å². The van der Waals surface area contributed by atoms with Crippen molar-refractivity contribution in [1.29, 1.82) is 0 Å². The van der Waals surface area contributed by atoms with Crippen LogP contribution < -0.4 is 4.74 Å². The van der Waals surface area contributed by atoms with Crippen molar-refractivity contribution in [3.05, 3.63) is 36.0 Å². The number of rotatable bonds is 8. The van der Waals surface area contributed by atoms with Gasteiger partial charge in [-0.25, -0.2) is 4.79 Å². The van der Waals surface area contributed by atoms with Crippen LogP contribution in [0, 0.1) is 0 Å². The van der Waals surface area contributed by atoms with E-state index in [4.69, 9.17) is 9.47 Å². The van der Waals surface area contributed by atoms with Gasteiger partial charge in [0.25, 0.3) is 0 Å². The van der Waals surface area contributed by atoms with Crippen LogP contribution in [0.5, 0.6) is 5.75 Å². The zero-order valence-corrected chi connectivity index (χ0v) is 14.0. The quantitative estimate of drug-likeness (QED) is 0.491. The number of hydrogen-bond donors (Lipinski definition) is 0. The number of carbonyl (C=O) groups is 1. The predicted molar refractivity (Wildman–Crippen MR) is 91.9 cm³/mol. The standard InChI is InChI=1S/C19H25NO3/c1-3-5-6-7-8-11-15-14-18(23-19(21)22-4-2)16-12-9-10-13-17(16)20-15/h9-10,12-14H,3-8,11H2,1-2H3. The summed E-state index contributed by atoms with van der Waals surface area (Å²) in [6, 6.07) is 9.55. The fraction of sp³-hybridized carbons (Fsp3) is 0.474. The molecule has 2 rings (SSSR count). The Bertz CT molecular complexity index is 640. The third-order valence-corrected chi connectivity index (χ3v) is 3.72. The fourth-order valence-electron chi connectivity index (χ4n) is 2.55. The van der Waals surface area contributed by atoms with Crippen molar-refractivity contribution in [2.75, 3.05) is 6.61 Å². The molecule has 0 saturated carbocycles. The molecule has 0 amide bonds. The molecule has 0 unspecified atom stereocenters. The molecule has 0 saturated heterocycles. The average molecular weight is 315 g/mol. The summed E-state index contributed by atoms with van der Waals surface area (Å²) in [5.41, 5.74) is 1.80. The second-order valence-corrected chi connectivity index (χ2v) is 5.58. The van der Waals surface area contributed by atoms with Crippen LogP contribution in [0.4, 0.5) is 4.79 Å². The van der Waals surface area contributed by atoms with Crippen LogP contribution in [0.1, 0.15) is 51.6 Å². The molecule has 0 radical (unpaired) electrons. The van der Waals surface area contributed by atoms with Gasteiger partial charge in [0.15, 0.2) is 0 Å². The summed E-state index contributed by atoms with van der Waals surface area (Å²) in [7, 11) is 0. The first-order chi connectivity index (χ1) is 11.2. The Morgan fingerprint density at radius 3 is 2.65 bits per heavy atom. The second kappa shape index (κ2) is 9.13. The maximum absolute atomic E-state index is 11.6. The second-order valence-electron chi connectivity index (χ2n) is 5.58. The molecule has 0 atom stereocenters. The van der Waals surface area contributed by atoms with Crippen molar-refractivity contribution in [1.82, 2.24) is 4.98 Å². The fourth-order valence-corrected chi connectivity index (χ4v) is 2.55. The number of pyridine rings is 1. The highest BCUT2D eigenvalue weighted by Crippen LogP contribution is 2.26. The number of aryl methyl sites for hydroxylation is 1. The summed E-state index contributed by atoms with van der Waals surface area (Å²) in [4.78, 5) is 16.3. The van der Waals surface area contributed by atoms with Gasteiger partial charge in [0.05, 0.1) is 12.1 Å². The summed E-state index contributed by atoms with van der Waals surface area (Å²) in [5.74, 6) is 0.526. The van der Waals surface area contributed by atoms with Crippen LogP contribution in [0.25, 0.3) is 10.9 Å². The number of para-hydroxylation sites is 1. The van der Waals surface area contributed by atoms with Gasteiger partial charge in [-0.15, -0.1) is 0 Å². The molecule has 1 aromatic carbocycles. The van der Waals surface area contributed by atoms with E-state index < -0.39 is 6.16 Å². The summed E-state index contributed by atoms with van der Waals surface area (Å²) < 4.78 is 10.2. The third-order valence-electron chi connectivity index (χ3n) is 3.72. The zero-order valence-electron chi connectivity index (χ0n) is 14.0. The number of ether oxygens (including phenoxy) is 2. The lowest BCUT2D eigenvalue weighted by molar-refractivity contribution is 0.105. The zero-order chi connectivity index (χ0) is 16.5. The first-order valence-corrected chi connectivity index (χ1v) is 8.47. The first kappa shape index (κ1) is 17.3. The van der Waals surface area contributed by atoms with Crippen LogP contribution in [-0.4, -0.2) is 17.7 Å². The van der Waals surface area contributed by atoms with Crippen LogP contribution >= 0.6 is 0 Å². The van der Waals surface area contributed by atoms with E-state index in [1.165, 1.54) is 25.7 Å². The monoisotopic (exact) mass is 315 g/mol. The number of fused-ring (bicyclic) bond motifs is 1. The number of carbonyl (C=O) groups excluding carboxylic acids is 1. The van der Waals surface area contributed by atoms with Crippen molar-refractivity contribution in [3.63, 3.8) is 0 Å². The number of benzene rings is 1. The highest BCUT2D eigenvalue weighted by molar-refractivity contribution is 5.87. The van der Waals surface area contributed by atoms with E-state index in [0.29, 0.717) is 12.4 Å². The average Bonchev–Trinajstić information content (AvgIpc) is 2.55. The van der Waals surface area contributed by atoms with Gasteiger partial charge in [0.1, 0.15) is 5.75 Å². The molecule has 1 heterocycles. The summed E-state index contributed by atoms with van der Waals surface area (Å²) in [6.07, 6.45) is 6.32. The van der Waals surface area contributed by atoms with Crippen molar-refractivity contribution >= 4 is 17.1 Å². The SMILES string of the molecule is CCCCCCCc1cc(OC(=O)OCC)c2ccccc2n1. The van der Waals surface area contributed by atoms with Gasteiger partial charge in [-0.2, -0.15) is 0 Å². The summed E-state index contributed by atoms with van der Waals surface area (Å²) in [5, 5.41) is 0.829. The van der Waals surface area contributed by atoms with Gasteiger partial charge in [-0.3, -0.25) is 4.98 Å². The number of unbranched alkanes of at least 4 members (excludes halogenated alkanes) is 4. The normalized spacial score (nSPS) is 10.7. The maximum atomic E-state index is 11.6. The van der Waals surface area contributed by atoms with Gasteiger partial charge >= 0.3 is 6.16 Å². The third kappa shape index (κ3) is 5.23. The molecular weight excluding hydrogens is 290 g/mol. The molecular formula is C19H25NO3. The Labute approximate surface area is 137 Å². The van der Waals surface area contributed by atoms with E-state index in [2.05, 4.69) is 11.9 Å².